The fourth-order valence-corrected chi connectivity index (χ4v) is 4.82. The first-order chi connectivity index (χ1) is 14.6. The average Bonchev–Trinajstić information content (AvgIpc) is 3.32. The lowest BCUT2D eigenvalue weighted by Gasteiger charge is -2.40. The molecule has 1 heterocycles. The molecule has 1 atom stereocenters. The third-order valence-corrected chi connectivity index (χ3v) is 6.53. The van der Waals surface area contributed by atoms with Gasteiger partial charge in [0, 0.05) is 38.0 Å². The number of rotatable bonds is 5. The Kier molecular flexibility index (Phi) is 6.07. The molecule has 2 aromatic carbocycles. The van der Waals surface area contributed by atoms with Gasteiger partial charge in [-0.2, -0.15) is 0 Å². The van der Waals surface area contributed by atoms with Gasteiger partial charge in [0.1, 0.15) is 11.8 Å². The van der Waals surface area contributed by atoms with Gasteiger partial charge >= 0.3 is 0 Å². The molecule has 2 fully saturated rings. The number of benzene rings is 2. The molecule has 2 amide bonds. The lowest BCUT2D eigenvalue weighted by atomic mass is 9.92. The summed E-state index contributed by atoms with van der Waals surface area (Å²) in [6.07, 6.45) is 4.63. The highest BCUT2D eigenvalue weighted by Gasteiger charge is 2.39. The quantitative estimate of drug-likeness (QED) is 0.760. The van der Waals surface area contributed by atoms with Crippen molar-refractivity contribution in [1.29, 1.82) is 0 Å². The maximum atomic E-state index is 13.2. The molecule has 1 saturated carbocycles. The Balaban J connectivity index is 1.67. The summed E-state index contributed by atoms with van der Waals surface area (Å²) in [4.78, 5) is 30.0. The molecule has 30 heavy (non-hydrogen) atoms. The third kappa shape index (κ3) is 3.93. The minimum absolute atomic E-state index is 0.0300. The van der Waals surface area contributed by atoms with Crippen LogP contribution in [-0.4, -0.2) is 54.9 Å². The molecule has 158 valence electrons. The first kappa shape index (κ1) is 20.5. The van der Waals surface area contributed by atoms with Crippen molar-refractivity contribution >= 4 is 11.8 Å². The average molecular weight is 407 g/mol. The van der Waals surface area contributed by atoms with Gasteiger partial charge in [0.15, 0.2) is 0 Å². The molecule has 2 aliphatic rings. The number of methoxy groups -OCH3 is 1. The molecule has 1 aliphatic heterocycles. The SMILES string of the molecule is COc1ccccc1-c1ccccc1C[C@H]1C(=O)N(C)CCN1C(=O)C1CCCC1. The summed E-state index contributed by atoms with van der Waals surface area (Å²) < 4.78 is 5.57. The van der Waals surface area contributed by atoms with Crippen molar-refractivity contribution in [2.24, 2.45) is 5.92 Å². The summed E-state index contributed by atoms with van der Waals surface area (Å²) in [5, 5.41) is 0. The summed E-state index contributed by atoms with van der Waals surface area (Å²) in [5.74, 6) is 1.07. The molecular formula is C25H30N2O3. The van der Waals surface area contributed by atoms with Crippen molar-refractivity contribution in [1.82, 2.24) is 9.80 Å². The van der Waals surface area contributed by atoms with Gasteiger partial charge < -0.3 is 14.5 Å². The van der Waals surface area contributed by atoms with E-state index in [1.807, 2.05) is 48.3 Å². The van der Waals surface area contributed by atoms with E-state index in [0.717, 1.165) is 48.1 Å². The van der Waals surface area contributed by atoms with Crippen LogP contribution in [0, 0.1) is 5.92 Å². The van der Waals surface area contributed by atoms with E-state index in [-0.39, 0.29) is 17.7 Å². The molecule has 0 N–H and O–H groups in total. The predicted octanol–water partition coefficient (Wildman–Crippen LogP) is 3.76. The van der Waals surface area contributed by atoms with Crippen LogP contribution < -0.4 is 4.74 Å². The molecule has 5 heteroatoms. The zero-order chi connectivity index (χ0) is 21.1. The Hall–Kier alpha value is -2.82. The minimum Gasteiger partial charge on any atom is -0.496 e. The lowest BCUT2D eigenvalue weighted by molar-refractivity contribution is -0.152. The predicted molar refractivity (Wildman–Crippen MR) is 117 cm³/mol. The van der Waals surface area contributed by atoms with E-state index in [4.69, 9.17) is 4.74 Å². The van der Waals surface area contributed by atoms with E-state index in [1.54, 1.807) is 12.0 Å². The van der Waals surface area contributed by atoms with Crippen LogP contribution in [0.3, 0.4) is 0 Å². The van der Waals surface area contributed by atoms with Crippen molar-refractivity contribution in [3.8, 4) is 16.9 Å². The van der Waals surface area contributed by atoms with Crippen molar-refractivity contribution < 1.29 is 14.3 Å². The van der Waals surface area contributed by atoms with Gasteiger partial charge in [0.05, 0.1) is 7.11 Å². The second-order valence-electron chi connectivity index (χ2n) is 8.35. The summed E-state index contributed by atoms with van der Waals surface area (Å²) in [7, 11) is 3.50. The van der Waals surface area contributed by atoms with Gasteiger partial charge in [-0.1, -0.05) is 55.3 Å². The molecule has 2 aromatic rings. The van der Waals surface area contributed by atoms with Gasteiger partial charge in [-0.25, -0.2) is 0 Å². The topological polar surface area (TPSA) is 49.9 Å². The summed E-state index contributed by atoms with van der Waals surface area (Å²) in [6.45, 7) is 1.21. The van der Waals surface area contributed by atoms with Crippen LogP contribution in [0.25, 0.3) is 11.1 Å². The second kappa shape index (κ2) is 8.90. The van der Waals surface area contributed by atoms with Crippen LogP contribution in [0.2, 0.25) is 0 Å². The summed E-state index contributed by atoms with van der Waals surface area (Å²) in [6, 6.07) is 15.6. The zero-order valence-electron chi connectivity index (χ0n) is 17.8. The number of carbonyl (C=O) groups excluding carboxylic acids is 2. The maximum absolute atomic E-state index is 13.2. The summed E-state index contributed by atoms with van der Waals surface area (Å²) in [5.41, 5.74) is 3.10. The van der Waals surface area contributed by atoms with Gasteiger partial charge in [0.25, 0.3) is 0 Å². The number of para-hydroxylation sites is 1. The molecule has 5 nitrogen and oxygen atoms in total. The first-order valence-electron chi connectivity index (χ1n) is 10.9. The Labute approximate surface area is 178 Å². The number of carbonyl (C=O) groups is 2. The van der Waals surface area contributed by atoms with E-state index in [0.29, 0.717) is 19.5 Å². The zero-order valence-corrected chi connectivity index (χ0v) is 17.8. The second-order valence-corrected chi connectivity index (χ2v) is 8.35. The Morgan fingerprint density at radius 2 is 1.67 bits per heavy atom. The molecule has 1 saturated heterocycles. The number of amides is 2. The number of hydrogen-bond donors (Lipinski definition) is 0. The van der Waals surface area contributed by atoms with Crippen LogP contribution >= 0.6 is 0 Å². The number of nitrogens with zero attached hydrogens (tertiary/aromatic N) is 2. The fraction of sp³-hybridized carbons (Fsp3) is 0.440. The molecule has 0 radical (unpaired) electrons. The van der Waals surface area contributed by atoms with Crippen LogP contribution in [0.4, 0.5) is 0 Å². The number of piperazine rings is 1. The van der Waals surface area contributed by atoms with Crippen molar-refractivity contribution in [3.63, 3.8) is 0 Å². The Morgan fingerprint density at radius 3 is 2.40 bits per heavy atom. The van der Waals surface area contributed by atoms with Crippen molar-refractivity contribution in [2.75, 3.05) is 27.2 Å². The number of hydrogen-bond acceptors (Lipinski definition) is 3. The van der Waals surface area contributed by atoms with Gasteiger partial charge in [0.2, 0.25) is 11.8 Å². The highest BCUT2D eigenvalue weighted by atomic mass is 16.5. The van der Waals surface area contributed by atoms with Crippen molar-refractivity contribution in [3.05, 3.63) is 54.1 Å². The number of ether oxygens (including phenoxy) is 1. The van der Waals surface area contributed by atoms with E-state index < -0.39 is 6.04 Å². The van der Waals surface area contributed by atoms with E-state index in [2.05, 4.69) is 12.1 Å². The molecule has 4 rings (SSSR count). The van der Waals surface area contributed by atoms with Crippen LogP contribution in [0.1, 0.15) is 31.2 Å². The van der Waals surface area contributed by atoms with Crippen molar-refractivity contribution in [2.45, 2.75) is 38.1 Å². The summed E-state index contributed by atoms with van der Waals surface area (Å²) >= 11 is 0. The molecular weight excluding hydrogens is 376 g/mol. The maximum Gasteiger partial charge on any atom is 0.245 e. The monoisotopic (exact) mass is 406 g/mol. The van der Waals surface area contributed by atoms with Crippen LogP contribution in [-0.2, 0) is 16.0 Å². The van der Waals surface area contributed by atoms with E-state index in [9.17, 15) is 9.59 Å². The highest BCUT2D eigenvalue weighted by molar-refractivity contribution is 5.90. The molecule has 0 spiro atoms. The first-order valence-corrected chi connectivity index (χ1v) is 10.9. The van der Waals surface area contributed by atoms with Gasteiger partial charge in [-0.15, -0.1) is 0 Å². The molecule has 0 unspecified atom stereocenters. The lowest BCUT2D eigenvalue weighted by Crippen LogP contribution is -2.59. The minimum atomic E-state index is -0.451. The number of likely N-dealkylation sites (N-methyl/N-ethyl adjacent to an activating group) is 1. The highest BCUT2D eigenvalue weighted by Crippen LogP contribution is 2.34. The van der Waals surface area contributed by atoms with Gasteiger partial charge in [-0.3, -0.25) is 9.59 Å². The van der Waals surface area contributed by atoms with Crippen LogP contribution in [0.15, 0.2) is 48.5 Å². The fourth-order valence-electron chi connectivity index (χ4n) is 4.82. The Bertz CT molecular complexity index is 920. The van der Waals surface area contributed by atoms with E-state index in [1.165, 1.54) is 0 Å². The van der Waals surface area contributed by atoms with E-state index >= 15 is 0 Å². The molecule has 1 aliphatic carbocycles. The Morgan fingerprint density at radius 1 is 1.00 bits per heavy atom. The normalized spacial score (nSPS) is 19.9. The van der Waals surface area contributed by atoms with Crippen LogP contribution in [0.5, 0.6) is 5.75 Å². The third-order valence-electron chi connectivity index (χ3n) is 6.53. The molecule has 0 bridgehead atoms. The standard InChI is InChI=1S/C25H30N2O3/c1-26-15-16-27(24(28)18-9-3-4-10-18)22(25(26)29)17-19-11-5-6-12-20(19)21-13-7-8-14-23(21)30-2/h5-8,11-14,18,22H,3-4,9-10,15-17H2,1-2H3/t22-/m0/s1. The van der Waals surface area contributed by atoms with Gasteiger partial charge in [-0.05, 0) is 30.0 Å². The molecule has 0 aromatic heterocycles. The smallest absolute Gasteiger partial charge is 0.245 e. The largest absolute Gasteiger partial charge is 0.496 e.